The Labute approximate surface area is 147 Å². The molecule has 4 nitrogen and oxygen atoms in total. The highest BCUT2D eigenvalue weighted by molar-refractivity contribution is 7.98. The fraction of sp³-hybridized carbons (Fsp3) is 0.474. The van der Waals surface area contributed by atoms with Crippen molar-refractivity contribution in [3.05, 3.63) is 51.4 Å². The third-order valence-electron chi connectivity index (χ3n) is 4.55. The first-order valence-corrected chi connectivity index (χ1v) is 9.93. The van der Waals surface area contributed by atoms with Crippen LogP contribution in [-0.4, -0.2) is 29.3 Å². The molecule has 2 aromatic rings. The minimum atomic E-state index is 0.00131. The van der Waals surface area contributed by atoms with Crippen molar-refractivity contribution in [1.29, 1.82) is 0 Å². The third kappa shape index (κ3) is 3.83. The molecule has 128 valence electrons. The zero-order valence-electron chi connectivity index (χ0n) is 14.5. The summed E-state index contributed by atoms with van der Waals surface area (Å²) in [5, 5.41) is 0.705. The SMILES string of the molecule is CCCc1nc(SC)[nH]c(=O)c1Cc1ccc(N2CCCC2)cc1. The van der Waals surface area contributed by atoms with Gasteiger partial charge in [-0.3, -0.25) is 4.79 Å². The molecule has 1 aromatic carbocycles. The van der Waals surface area contributed by atoms with E-state index >= 15 is 0 Å². The van der Waals surface area contributed by atoms with Gasteiger partial charge >= 0.3 is 0 Å². The van der Waals surface area contributed by atoms with Crippen LogP contribution in [0.4, 0.5) is 5.69 Å². The third-order valence-corrected chi connectivity index (χ3v) is 5.13. The average Bonchev–Trinajstić information content (AvgIpc) is 3.13. The summed E-state index contributed by atoms with van der Waals surface area (Å²) in [4.78, 5) is 22.4. The van der Waals surface area contributed by atoms with Crippen molar-refractivity contribution in [2.24, 2.45) is 0 Å². The van der Waals surface area contributed by atoms with E-state index in [1.165, 1.54) is 35.9 Å². The van der Waals surface area contributed by atoms with Crippen molar-refractivity contribution in [3.8, 4) is 0 Å². The number of hydrogen-bond acceptors (Lipinski definition) is 4. The lowest BCUT2D eigenvalue weighted by Gasteiger charge is -2.17. The Morgan fingerprint density at radius 2 is 1.92 bits per heavy atom. The lowest BCUT2D eigenvalue weighted by Crippen LogP contribution is -2.19. The molecular formula is C19H25N3OS. The topological polar surface area (TPSA) is 49.0 Å². The van der Waals surface area contributed by atoms with E-state index in [1.807, 2.05) is 6.26 Å². The second kappa shape index (κ2) is 7.88. The summed E-state index contributed by atoms with van der Waals surface area (Å²) in [7, 11) is 0. The molecule has 1 aliphatic heterocycles. The molecule has 5 heteroatoms. The van der Waals surface area contributed by atoms with Gasteiger partial charge in [-0.15, -0.1) is 0 Å². The van der Waals surface area contributed by atoms with Crippen LogP contribution < -0.4 is 10.5 Å². The van der Waals surface area contributed by atoms with Gasteiger partial charge in [0.25, 0.3) is 5.56 Å². The molecule has 2 heterocycles. The number of nitrogens with one attached hydrogen (secondary N) is 1. The second-order valence-corrected chi connectivity index (χ2v) is 7.08. The Hall–Kier alpha value is -1.75. The fourth-order valence-electron chi connectivity index (χ4n) is 3.25. The number of anilines is 1. The van der Waals surface area contributed by atoms with Crippen molar-refractivity contribution in [2.75, 3.05) is 24.2 Å². The highest BCUT2D eigenvalue weighted by atomic mass is 32.2. The van der Waals surface area contributed by atoms with Gasteiger partial charge in [-0.2, -0.15) is 0 Å². The van der Waals surface area contributed by atoms with E-state index in [4.69, 9.17) is 0 Å². The summed E-state index contributed by atoms with van der Waals surface area (Å²) in [6.07, 6.45) is 6.98. The first-order chi connectivity index (χ1) is 11.7. The Kier molecular flexibility index (Phi) is 5.61. The van der Waals surface area contributed by atoms with Gasteiger partial charge in [0, 0.05) is 30.8 Å². The van der Waals surface area contributed by atoms with E-state index in [1.54, 1.807) is 0 Å². The van der Waals surface area contributed by atoms with Crippen LogP contribution in [0.1, 0.15) is 43.0 Å². The molecule has 1 fully saturated rings. The summed E-state index contributed by atoms with van der Waals surface area (Å²) in [6.45, 7) is 4.43. The summed E-state index contributed by atoms with van der Waals surface area (Å²) in [6, 6.07) is 8.65. The van der Waals surface area contributed by atoms with Crippen molar-refractivity contribution in [3.63, 3.8) is 0 Å². The Balaban J connectivity index is 1.83. The quantitative estimate of drug-likeness (QED) is 0.643. The van der Waals surface area contributed by atoms with Gasteiger partial charge in [0.1, 0.15) is 0 Å². The molecule has 0 radical (unpaired) electrons. The second-order valence-electron chi connectivity index (χ2n) is 6.29. The first-order valence-electron chi connectivity index (χ1n) is 8.71. The molecular weight excluding hydrogens is 318 g/mol. The van der Waals surface area contributed by atoms with E-state index in [0.717, 1.165) is 37.2 Å². The highest BCUT2D eigenvalue weighted by Crippen LogP contribution is 2.22. The van der Waals surface area contributed by atoms with Crippen LogP contribution >= 0.6 is 11.8 Å². The van der Waals surface area contributed by atoms with E-state index < -0.39 is 0 Å². The number of aromatic amines is 1. The number of benzene rings is 1. The molecule has 0 unspecified atom stereocenters. The van der Waals surface area contributed by atoms with Gasteiger partial charge in [-0.25, -0.2) is 4.98 Å². The van der Waals surface area contributed by atoms with Crippen molar-refractivity contribution < 1.29 is 0 Å². The van der Waals surface area contributed by atoms with Crippen molar-refractivity contribution in [1.82, 2.24) is 9.97 Å². The zero-order chi connectivity index (χ0) is 16.9. The van der Waals surface area contributed by atoms with Crippen LogP contribution in [0, 0.1) is 0 Å². The number of H-pyrrole nitrogens is 1. The van der Waals surface area contributed by atoms with Crippen LogP contribution in [0.15, 0.2) is 34.2 Å². The van der Waals surface area contributed by atoms with E-state index in [0.29, 0.717) is 11.6 Å². The van der Waals surface area contributed by atoms with Crippen LogP contribution in [-0.2, 0) is 12.8 Å². The number of aromatic nitrogens is 2. The van der Waals surface area contributed by atoms with E-state index in [2.05, 4.69) is 46.1 Å². The largest absolute Gasteiger partial charge is 0.372 e. The molecule has 1 saturated heterocycles. The predicted molar refractivity (Wildman–Crippen MR) is 101 cm³/mol. The van der Waals surface area contributed by atoms with Gasteiger partial charge in [0.2, 0.25) is 0 Å². The first kappa shape index (κ1) is 17.1. The molecule has 0 saturated carbocycles. The standard InChI is InChI=1S/C19H25N3OS/c1-3-6-17-16(18(23)21-19(20-17)24-2)13-14-7-9-15(10-8-14)22-11-4-5-12-22/h7-10H,3-6,11-13H2,1-2H3,(H,20,21,23). The lowest BCUT2D eigenvalue weighted by atomic mass is 10.0. The van der Waals surface area contributed by atoms with Crippen molar-refractivity contribution >= 4 is 17.4 Å². The predicted octanol–water partition coefficient (Wildman–Crippen LogP) is 3.64. The monoisotopic (exact) mass is 343 g/mol. The molecule has 0 bridgehead atoms. The van der Waals surface area contributed by atoms with Crippen LogP contribution in [0.2, 0.25) is 0 Å². The van der Waals surface area contributed by atoms with E-state index in [-0.39, 0.29) is 5.56 Å². The summed E-state index contributed by atoms with van der Waals surface area (Å²) < 4.78 is 0. The number of hydrogen-bond donors (Lipinski definition) is 1. The van der Waals surface area contributed by atoms with Gasteiger partial charge < -0.3 is 9.88 Å². The van der Waals surface area contributed by atoms with E-state index in [9.17, 15) is 4.79 Å². The molecule has 1 N–H and O–H groups in total. The van der Waals surface area contributed by atoms with Gasteiger partial charge in [0.15, 0.2) is 5.16 Å². The minimum absolute atomic E-state index is 0.00131. The number of rotatable bonds is 6. The van der Waals surface area contributed by atoms with Gasteiger partial charge in [-0.1, -0.05) is 37.2 Å². The lowest BCUT2D eigenvalue weighted by molar-refractivity contribution is 0.789. The number of aryl methyl sites for hydroxylation is 1. The molecule has 0 aliphatic carbocycles. The van der Waals surface area contributed by atoms with Crippen LogP contribution in [0.25, 0.3) is 0 Å². The Morgan fingerprint density at radius 3 is 2.54 bits per heavy atom. The number of thioether (sulfide) groups is 1. The average molecular weight is 343 g/mol. The molecule has 1 aromatic heterocycles. The fourth-order valence-corrected chi connectivity index (χ4v) is 3.64. The molecule has 24 heavy (non-hydrogen) atoms. The smallest absolute Gasteiger partial charge is 0.255 e. The normalized spacial score (nSPS) is 14.3. The zero-order valence-corrected chi connectivity index (χ0v) is 15.3. The Bertz CT molecular complexity index is 733. The summed E-state index contributed by atoms with van der Waals surface area (Å²) in [5.74, 6) is 0. The Morgan fingerprint density at radius 1 is 1.21 bits per heavy atom. The van der Waals surface area contributed by atoms with Crippen LogP contribution in [0.3, 0.4) is 0 Å². The van der Waals surface area contributed by atoms with Gasteiger partial charge in [0.05, 0.1) is 5.69 Å². The molecule has 1 aliphatic rings. The molecule has 0 spiro atoms. The van der Waals surface area contributed by atoms with Gasteiger partial charge in [-0.05, 0) is 43.2 Å². The molecule has 3 rings (SSSR count). The maximum Gasteiger partial charge on any atom is 0.255 e. The number of nitrogens with zero attached hydrogens (tertiary/aromatic N) is 2. The maximum atomic E-state index is 12.5. The summed E-state index contributed by atoms with van der Waals surface area (Å²) >= 11 is 1.48. The van der Waals surface area contributed by atoms with Crippen LogP contribution in [0.5, 0.6) is 0 Å². The summed E-state index contributed by atoms with van der Waals surface area (Å²) in [5.41, 5.74) is 4.20. The minimum Gasteiger partial charge on any atom is -0.372 e. The molecule has 0 amide bonds. The highest BCUT2D eigenvalue weighted by Gasteiger charge is 2.14. The van der Waals surface area contributed by atoms with Crippen molar-refractivity contribution in [2.45, 2.75) is 44.2 Å². The maximum absolute atomic E-state index is 12.5. The molecule has 0 atom stereocenters.